The normalized spacial score (nSPS) is 11.8. The number of aromatic nitrogens is 1. The minimum absolute atomic E-state index is 0.126. The Hall–Kier alpha value is -4.93. The number of hydrogen-bond donors (Lipinski definition) is 0. The molecular formula is C32H35N3O8. The molecule has 0 unspecified atom stereocenters. The number of allylic oxidation sites excluding steroid dienone is 1. The van der Waals surface area contributed by atoms with Gasteiger partial charge in [-0.25, -0.2) is 4.79 Å². The number of nitro groups is 2. The van der Waals surface area contributed by atoms with E-state index in [4.69, 9.17) is 14.2 Å². The van der Waals surface area contributed by atoms with Gasteiger partial charge in [-0.3, -0.25) is 20.2 Å². The van der Waals surface area contributed by atoms with Gasteiger partial charge in [0.05, 0.1) is 39.7 Å². The van der Waals surface area contributed by atoms with Crippen LogP contribution in [0.4, 0.5) is 11.4 Å². The molecule has 0 saturated carbocycles. The lowest BCUT2D eigenvalue weighted by Gasteiger charge is -2.12. The summed E-state index contributed by atoms with van der Waals surface area (Å²) in [6, 6.07) is 12.1. The van der Waals surface area contributed by atoms with Gasteiger partial charge in [-0.05, 0) is 56.4 Å². The van der Waals surface area contributed by atoms with Crippen LogP contribution in [0.2, 0.25) is 0 Å². The molecule has 0 aliphatic heterocycles. The molecule has 226 valence electrons. The van der Waals surface area contributed by atoms with Crippen molar-refractivity contribution in [3.05, 3.63) is 87.0 Å². The van der Waals surface area contributed by atoms with Crippen molar-refractivity contribution in [3.8, 4) is 17.2 Å². The molecule has 0 aliphatic rings. The van der Waals surface area contributed by atoms with Crippen molar-refractivity contribution in [1.82, 2.24) is 4.57 Å². The van der Waals surface area contributed by atoms with Crippen LogP contribution in [-0.4, -0.2) is 33.6 Å². The predicted molar refractivity (Wildman–Crippen MR) is 164 cm³/mol. The standard InChI is InChI=1S/C32H35N3O8/c1-5-8-9-10-15-41-23-13-11-22(12-14-23)32(36)43-31-19-27-25(17-29(31)35(39)40)24-16-28(34(37)38)30(42-20-21(4)6-2)18-26(24)33(27)7-3/h5,11-14,16-19,21H,1,6-10,15,20H2,2-4H3/t21-/m0/s1. The molecular weight excluding hydrogens is 554 g/mol. The predicted octanol–water partition coefficient (Wildman–Crippen LogP) is 8.01. The SMILES string of the molecule is C=CCCCCOc1ccc(C(=O)Oc2cc3c(cc2[N+](=O)[O-])c2cc([N+](=O)[O-])c(OC[C@@H](C)CC)cc2n3CC)cc1. The van der Waals surface area contributed by atoms with E-state index in [9.17, 15) is 25.0 Å². The number of esters is 1. The summed E-state index contributed by atoms with van der Waals surface area (Å²) in [5.41, 5.74) is 0.672. The third-order valence-electron chi connectivity index (χ3n) is 7.32. The number of ether oxygens (including phenoxy) is 3. The Kier molecular flexibility index (Phi) is 9.97. The van der Waals surface area contributed by atoms with Crippen LogP contribution in [0.1, 0.15) is 56.8 Å². The summed E-state index contributed by atoms with van der Waals surface area (Å²) in [6.07, 6.45) is 5.47. The fourth-order valence-electron chi connectivity index (χ4n) is 4.72. The van der Waals surface area contributed by atoms with Crippen LogP contribution in [-0.2, 0) is 6.54 Å². The number of carbonyl (C=O) groups excluding carboxylic acids is 1. The first-order valence-electron chi connectivity index (χ1n) is 14.3. The van der Waals surface area contributed by atoms with Gasteiger partial charge in [-0.15, -0.1) is 6.58 Å². The van der Waals surface area contributed by atoms with Crippen LogP contribution < -0.4 is 14.2 Å². The highest BCUT2D eigenvalue weighted by atomic mass is 16.6. The number of unbranched alkanes of at least 4 members (excludes halogenated alkanes) is 2. The number of hydrogen-bond acceptors (Lipinski definition) is 8. The van der Waals surface area contributed by atoms with E-state index >= 15 is 0 Å². The van der Waals surface area contributed by atoms with Gasteiger partial charge in [0.25, 0.3) is 0 Å². The third kappa shape index (κ3) is 6.94. The van der Waals surface area contributed by atoms with E-state index in [2.05, 4.69) is 6.58 Å². The van der Waals surface area contributed by atoms with Crippen LogP contribution in [0.5, 0.6) is 17.2 Å². The molecule has 0 aliphatic carbocycles. The Morgan fingerprint density at radius 2 is 1.53 bits per heavy atom. The molecule has 11 nitrogen and oxygen atoms in total. The van der Waals surface area contributed by atoms with Gasteiger partial charge in [0.15, 0.2) is 5.75 Å². The van der Waals surface area contributed by atoms with Gasteiger partial charge >= 0.3 is 17.3 Å². The van der Waals surface area contributed by atoms with E-state index in [-0.39, 0.29) is 28.7 Å². The summed E-state index contributed by atoms with van der Waals surface area (Å²) in [4.78, 5) is 35.9. The van der Waals surface area contributed by atoms with E-state index in [1.165, 1.54) is 30.3 Å². The van der Waals surface area contributed by atoms with E-state index in [0.29, 0.717) is 47.3 Å². The largest absolute Gasteiger partial charge is 0.494 e. The maximum Gasteiger partial charge on any atom is 0.343 e. The van der Waals surface area contributed by atoms with Crippen molar-refractivity contribution in [2.75, 3.05) is 13.2 Å². The van der Waals surface area contributed by atoms with Gasteiger partial charge in [0.1, 0.15) is 5.75 Å². The van der Waals surface area contributed by atoms with E-state index < -0.39 is 21.5 Å². The van der Waals surface area contributed by atoms with Crippen molar-refractivity contribution in [2.24, 2.45) is 5.92 Å². The number of aryl methyl sites for hydroxylation is 1. The minimum Gasteiger partial charge on any atom is -0.494 e. The molecule has 0 bridgehead atoms. The molecule has 0 radical (unpaired) electrons. The number of nitrogens with zero attached hydrogens (tertiary/aromatic N) is 3. The Morgan fingerprint density at radius 1 is 0.930 bits per heavy atom. The monoisotopic (exact) mass is 589 g/mol. The highest BCUT2D eigenvalue weighted by Crippen LogP contribution is 2.42. The Balaban J connectivity index is 1.69. The topological polar surface area (TPSA) is 136 Å². The molecule has 11 heteroatoms. The van der Waals surface area contributed by atoms with Gasteiger partial charge in [-0.2, -0.15) is 0 Å². The average Bonchev–Trinajstić information content (AvgIpc) is 3.30. The Labute approximate surface area is 248 Å². The quantitative estimate of drug-likeness (QED) is 0.0340. The molecule has 1 aromatic heterocycles. The summed E-state index contributed by atoms with van der Waals surface area (Å²) >= 11 is 0. The lowest BCUT2D eigenvalue weighted by Crippen LogP contribution is -2.10. The van der Waals surface area contributed by atoms with Gasteiger partial charge < -0.3 is 18.8 Å². The molecule has 1 heterocycles. The van der Waals surface area contributed by atoms with Crippen molar-refractivity contribution in [2.45, 2.75) is 53.0 Å². The number of fused-ring (bicyclic) bond motifs is 3. The molecule has 4 aromatic rings. The maximum absolute atomic E-state index is 13.0. The number of carbonyl (C=O) groups is 1. The minimum atomic E-state index is -0.768. The zero-order valence-corrected chi connectivity index (χ0v) is 24.5. The first-order chi connectivity index (χ1) is 20.7. The third-order valence-corrected chi connectivity index (χ3v) is 7.32. The first-order valence-corrected chi connectivity index (χ1v) is 14.3. The number of nitro benzene ring substituents is 2. The zero-order chi connectivity index (χ0) is 31.1. The smallest absolute Gasteiger partial charge is 0.343 e. The molecule has 0 amide bonds. The molecule has 3 aromatic carbocycles. The fourth-order valence-corrected chi connectivity index (χ4v) is 4.72. The molecule has 43 heavy (non-hydrogen) atoms. The lowest BCUT2D eigenvalue weighted by atomic mass is 10.1. The molecule has 4 rings (SSSR count). The maximum atomic E-state index is 13.0. The molecule has 0 saturated heterocycles. The lowest BCUT2D eigenvalue weighted by molar-refractivity contribution is -0.385. The fraction of sp³-hybridized carbons (Fsp3) is 0.344. The van der Waals surface area contributed by atoms with Crippen molar-refractivity contribution in [1.29, 1.82) is 0 Å². The molecule has 0 spiro atoms. The van der Waals surface area contributed by atoms with Crippen molar-refractivity contribution < 1.29 is 28.9 Å². The van der Waals surface area contributed by atoms with Crippen LogP contribution >= 0.6 is 0 Å². The summed E-state index contributed by atoms with van der Waals surface area (Å²) in [5.74, 6) is -0.0820. The van der Waals surface area contributed by atoms with Crippen LogP contribution in [0.3, 0.4) is 0 Å². The first kappa shape index (κ1) is 31.0. The number of benzene rings is 3. The second-order valence-electron chi connectivity index (χ2n) is 10.3. The molecule has 0 N–H and O–H groups in total. The second kappa shape index (κ2) is 13.8. The van der Waals surface area contributed by atoms with Crippen LogP contribution in [0.25, 0.3) is 21.8 Å². The second-order valence-corrected chi connectivity index (χ2v) is 10.3. The average molecular weight is 590 g/mol. The van der Waals surface area contributed by atoms with Crippen LogP contribution in [0, 0.1) is 26.1 Å². The van der Waals surface area contributed by atoms with Crippen molar-refractivity contribution in [3.63, 3.8) is 0 Å². The van der Waals surface area contributed by atoms with E-state index in [1.54, 1.807) is 18.2 Å². The van der Waals surface area contributed by atoms with E-state index in [0.717, 1.165) is 25.7 Å². The summed E-state index contributed by atoms with van der Waals surface area (Å²) in [5, 5.41) is 24.9. The summed E-state index contributed by atoms with van der Waals surface area (Å²) < 4.78 is 18.9. The molecule has 1 atom stereocenters. The van der Waals surface area contributed by atoms with Gasteiger partial charge in [-0.1, -0.05) is 26.3 Å². The van der Waals surface area contributed by atoms with Crippen LogP contribution in [0.15, 0.2) is 61.2 Å². The van der Waals surface area contributed by atoms with Gasteiger partial charge in [0.2, 0.25) is 5.75 Å². The van der Waals surface area contributed by atoms with Gasteiger partial charge in [0, 0.05) is 41.6 Å². The summed E-state index contributed by atoms with van der Waals surface area (Å²) in [6.45, 7) is 10.9. The Bertz CT molecular complexity index is 1660. The summed E-state index contributed by atoms with van der Waals surface area (Å²) in [7, 11) is 0. The number of rotatable bonds is 15. The van der Waals surface area contributed by atoms with Crippen molar-refractivity contribution >= 4 is 39.1 Å². The Morgan fingerprint density at radius 3 is 2.09 bits per heavy atom. The highest BCUT2D eigenvalue weighted by Gasteiger charge is 2.26. The zero-order valence-electron chi connectivity index (χ0n) is 24.5. The molecule has 0 fully saturated rings. The highest BCUT2D eigenvalue weighted by molar-refractivity contribution is 6.11. The van der Waals surface area contributed by atoms with E-state index in [1.807, 2.05) is 31.4 Å².